The van der Waals surface area contributed by atoms with Gasteiger partial charge in [-0.25, -0.2) is 9.59 Å². The highest BCUT2D eigenvalue weighted by Crippen LogP contribution is 2.42. The third-order valence-corrected chi connectivity index (χ3v) is 3.83. The number of methoxy groups -OCH3 is 1. The first-order chi connectivity index (χ1) is 12.3. The van der Waals surface area contributed by atoms with E-state index in [1.165, 1.54) is 0 Å². The SMILES string of the molecule is C=C(C)C(=O)OC(OCCC(F)(F)C(F)(F)S(=O)(=O)O)(C(=O)OC)C(F)(F)F. The average molecular weight is 450 g/mol. The molecule has 0 bridgehead atoms. The van der Waals surface area contributed by atoms with E-state index in [0.29, 0.717) is 7.11 Å². The summed E-state index contributed by atoms with van der Waals surface area (Å²) < 4.78 is 133. The summed E-state index contributed by atoms with van der Waals surface area (Å²) in [4.78, 5) is 22.9. The predicted molar refractivity (Wildman–Crippen MR) is 73.7 cm³/mol. The van der Waals surface area contributed by atoms with E-state index in [4.69, 9.17) is 4.55 Å². The number of hydrogen-bond donors (Lipinski definition) is 1. The molecule has 0 rings (SSSR count). The van der Waals surface area contributed by atoms with Gasteiger partial charge in [-0.15, -0.1) is 0 Å². The maximum absolute atomic E-state index is 13.4. The van der Waals surface area contributed by atoms with Crippen LogP contribution >= 0.6 is 0 Å². The molecular weight excluding hydrogens is 437 g/mol. The number of rotatable bonds is 9. The van der Waals surface area contributed by atoms with Crippen molar-refractivity contribution in [2.45, 2.75) is 36.5 Å². The van der Waals surface area contributed by atoms with Gasteiger partial charge in [0.25, 0.3) is 0 Å². The largest absolute Gasteiger partial charge is 0.468 e. The average Bonchev–Trinajstić information content (AvgIpc) is 2.50. The molecule has 0 aromatic rings. The van der Waals surface area contributed by atoms with E-state index in [0.717, 1.165) is 6.92 Å². The molecule has 0 radical (unpaired) electrons. The third-order valence-electron chi connectivity index (χ3n) is 2.88. The number of alkyl halides is 7. The van der Waals surface area contributed by atoms with Gasteiger partial charge >= 0.3 is 45.2 Å². The van der Waals surface area contributed by atoms with E-state index in [-0.39, 0.29) is 0 Å². The summed E-state index contributed by atoms with van der Waals surface area (Å²) in [6, 6.07) is 0. The van der Waals surface area contributed by atoms with Gasteiger partial charge in [-0.3, -0.25) is 4.55 Å². The van der Waals surface area contributed by atoms with Crippen LogP contribution in [0.3, 0.4) is 0 Å². The minimum atomic E-state index is -6.66. The Kier molecular flexibility index (Phi) is 7.63. The van der Waals surface area contributed by atoms with Gasteiger partial charge in [0.15, 0.2) is 0 Å². The molecule has 0 spiro atoms. The van der Waals surface area contributed by atoms with Crippen LogP contribution in [-0.2, 0) is 33.9 Å². The number of esters is 2. The Morgan fingerprint density at radius 3 is 1.86 bits per heavy atom. The van der Waals surface area contributed by atoms with Crippen molar-refractivity contribution in [1.29, 1.82) is 0 Å². The highest BCUT2D eigenvalue weighted by atomic mass is 32.2. The van der Waals surface area contributed by atoms with E-state index in [2.05, 4.69) is 20.8 Å². The molecule has 1 unspecified atom stereocenters. The lowest BCUT2D eigenvalue weighted by Crippen LogP contribution is -2.58. The van der Waals surface area contributed by atoms with Crippen LogP contribution in [0.2, 0.25) is 0 Å². The molecule has 0 aliphatic rings. The predicted octanol–water partition coefficient (Wildman–Crippen LogP) is 2.06. The number of hydrogen-bond acceptors (Lipinski definition) is 7. The summed E-state index contributed by atoms with van der Waals surface area (Å²) in [6.45, 7) is 1.68. The van der Waals surface area contributed by atoms with E-state index in [9.17, 15) is 48.7 Å². The van der Waals surface area contributed by atoms with Crippen LogP contribution in [0, 0.1) is 0 Å². The van der Waals surface area contributed by atoms with Gasteiger partial charge in [-0.05, 0) is 6.92 Å². The van der Waals surface area contributed by atoms with Gasteiger partial charge in [-0.2, -0.15) is 39.2 Å². The molecule has 8 nitrogen and oxygen atoms in total. The van der Waals surface area contributed by atoms with E-state index < -0.39 is 63.8 Å². The first-order valence-corrected chi connectivity index (χ1v) is 8.11. The second kappa shape index (κ2) is 8.20. The van der Waals surface area contributed by atoms with Crippen molar-refractivity contribution in [2.75, 3.05) is 13.7 Å². The quantitative estimate of drug-likeness (QED) is 0.187. The first-order valence-electron chi connectivity index (χ1n) is 6.67. The highest BCUT2D eigenvalue weighted by molar-refractivity contribution is 7.87. The molecule has 0 saturated carbocycles. The lowest BCUT2D eigenvalue weighted by molar-refractivity contribution is -0.356. The van der Waals surface area contributed by atoms with Gasteiger partial charge in [-0.1, -0.05) is 6.58 Å². The van der Waals surface area contributed by atoms with Gasteiger partial charge in [0, 0.05) is 12.0 Å². The van der Waals surface area contributed by atoms with Crippen molar-refractivity contribution in [3.63, 3.8) is 0 Å². The summed E-state index contributed by atoms with van der Waals surface area (Å²) in [7, 11) is -6.28. The number of halogens is 7. The molecule has 0 aromatic heterocycles. The van der Waals surface area contributed by atoms with Crippen LogP contribution in [-0.4, -0.2) is 61.8 Å². The Balaban J connectivity index is 5.85. The molecule has 0 saturated heterocycles. The van der Waals surface area contributed by atoms with Crippen LogP contribution in [0.5, 0.6) is 0 Å². The Labute approximate surface area is 153 Å². The first kappa shape index (κ1) is 26.1. The van der Waals surface area contributed by atoms with Crippen LogP contribution in [0.15, 0.2) is 12.2 Å². The molecule has 1 atom stereocenters. The lowest BCUT2D eigenvalue weighted by Gasteiger charge is -2.32. The molecule has 0 aromatic carbocycles. The monoisotopic (exact) mass is 450 g/mol. The zero-order chi connectivity index (χ0) is 22.8. The number of carbonyl (C=O) groups excluding carboxylic acids is 2. The Morgan fingerprint density at radius 2 is 1.54 bits per heavy atom. The molecule has 16 heteroatoms. The van der Waals surface area contributed by atoms with Gasteiger partial charge in [0.05, 0.1) is 13.7 Å². The highest BCUT2D eigenvalue weighted by Gasteiger charge is 2.69. The van der Waals surface area contributed by atoms with Crippen LogP contribution in [0.4, 0.5) is 30.7 Å². The summed E-state index contributed by atoms with van der Waals surface area (Å²) in [5, 5.41) is -6.09. The number of ether oxygens (including phenoxy) is 3. The van der Waals surface area contributed by atoms with Gasteiger partial charge < -0.3 is 14.2 Å². The zero-order valence-corrected chi connectivity index (χ0v) is 14.8. The molecule has 28 heavy (non-hydrogen) atoms. The Morgan fingerprint density at radius 1 is 1.07 bits per heavy atom. The van der Waals surface area contributed by atoms with Crippen molar-refractivity contribution in [3.05, 3.63) is 12.2 Å². The molecule has 164 valence electrons. The normalized spacial score (nSPS) is 15.5. The van der Waals surface area contributed by atoms with Crippen molar-refractivity contribution in [2.24, 2.45) is 0 Å². The fourth-order valence-electron chi connectivity index (χ4n) is 1.39. The maximum Gasteiger partial charge on any atom is 0.468 e. The second-order valence-corrected chi connectivity index (χ2v) is 6.53. The topological polar surface area (TPSA) is 116 Å². The Bertz CT molecular complexity index is 731. The minimum absolute atomic E-state index is 0.377. The smallest absolute Gasteiger partial charge is 0.464 e. The molecule has 0 aliphatic heterocycles. The maximum atomic E-state index is 13.4. The van der Waals surface area contributed by atoms with E-state index in [1.54, 1.807) is 0 Å². The van der Waals surface area contributed by atoms with Crippen LogP contribution < -0.4 is 0 Å². The lowest BCUT2D eigenvalue weighted by atomic mass is 10.2. The molecule has 1 N–H and O–H groups in total. The second-order valence-electron chi connectivity index (χ2n) is 5.07. The van der Waals surface area contributed by atoms with Crippen LogP contribution in [0.25, 0.3) is 0 Å². The molecular formula is C12H13F7O8S. The van der Waals surface area contributed by atoms with Gasteiger partial charge in [0.2, 0.25) is 0 Å². The van der Waals surface area contributed by atoms with Crippen LogP contribution in [0.1, 0.15) is 13.3 Å². The summed E-state index contributed by atoms with van der Waals surface area (Å²) in [5.74, 6) is -14.6. The van der Waals surface area contributed by atoms with Gasteiger partial charge in [0.1, 0.15) is 0 Å². The van der Waals surface area contributed by atoms with E-state index >= 15 is 0 Å². The van der Waals surface area contributed by atoms with Crippen molar-refractivity contribution in [3.8, 4) is 0 Å². The van der Waals surface area contributed by atoms with Crippen molar-refractivity contribution < 1.29 is 67.5 Å². The van der Waals surface area contributed by atoms with E-state index in [1.807, 2.05) is 0 Å². The molecule has 0 heterocycles. The standard InChI is InChI=1S/C12H13F7O8S/c1-6(2)7(20)27-10(8(21)25-3,11(15,16)17)26-5-4-9(13,14)12(18,19)28(22,23)24/h1,4-5H2,2-3H3,(H,22,23,24). The van der Waals surface area contributed by atoms with Crippen molar-refractivity contribution >= 4 is 22.1 Å². The fraction of sp³-hybridized carbons (Fsp3) is 0.667. The summed E-state index contributed by atoms with van der Waals surface area (Å²) in [5.41, 5.74) is -0.690. The minimum Gasteiger partial charge on any atom is -0.464 e. The molecule has 0 aliphatic carbocycles. The number of carbonyl (C=O) groups is 2. The summed E-state index contributed by atoms with van der Waals surface area (Å²) in [6.07, 6.45) is -8.38. The fourth-order valence-corrected chi connectivity index (χ4v) is 1.87. The Hall–Kier alpha value is -1.94. The third kappa shape index (κ3) is 5.11. The zero-order valence-electron chi connectivity index (χ0n) is 14.0. The van der Waals surface area contributed by atoms with Crippen molar-refractivity contribution in [1.82, 2.24) is 0 Å². The molecule has 0 amide bonds. The summed E-state index contributed by atoms with van der Waals surface area (Å²) >= 11 is 0. The molecule has 0 fully saturated rings.